The Morgan fingerprint density at radius 1 is 1.36 bits per heavy atom. The van der Waals surface area contributed by atoms with Crippen LogP contribution in [0.15, 0.2) is 30.5 Å². The van der Waals surface area contributed by atoms with E-state index in [2.05, 4.69) is 10.3 Å². The van der Waals surface area contributed by atoms with E-state index in [0.29, 0.717) is 11.9 Å². The number of rotatable bonds is 3. The van der Waals surface area contributed by atoms with Gasteiger partial charge in [-0.3, -0.25) is 4.98 Å². The van der Waals surface area contributed by atoms with Gasteiger partial charge in [0.15, 0.2) is 0 Å². The van der Waals surface area contributed by atoms with E-state index in [0.717, 1.165) is 11.1 Å². The van der Waals surface area contributed by atoms with E-state index in [-0.39, 0.29) is 11.7 Å². The van der Waals surface area contributed by atoms with Crippen molar-refractivity contribution in [1.29, 1.82) is 0 Å². The van der Waals surface area contributed by atoms with Crippen LogP contribution >= 0.6 is 0 Å². The summed E-state index contributed by atoms with van der Waals surface area (Å²) < 4.78 is 5.22. The topological polar surface area (TPSA) is 71.5 Å². The number of ether oxygens (including phenoxy) is 1. The highest BCUT2D eigenvalue weighted by Gasteiger charge is 2.18. The number of carbonyl (C=O) groups excluding carboxylic acids is 1. The number of carbonyl (C=O) groups is 1. The molecule has 1 atom stereocenters. The molecule has 1 unspecified atom stereocenters. The number of nitrogens with zero attached hydrogens (tertiary/aromatic N) is 1. The molecule has 5 nitrogen and oxygen atoms in total. The molecule has 1 aromatic heterocycles. The number of fused-ring (bicyclic) bond motifs is 1. The van der Waals surface area contributed by atoms with Crippen molar-refractivity contribution in [3.63, 3.8) is 0 Å². The highest BCUT2D eigenvalue weighted by atomic mass is 16.6. The van der Waals surface area contributed by atoms with Gasteiger partial charge in [-0.25, -0.2) is 4.79 Å². The molecule has 1 aromatic carbocycles. The minimum Gasteiger partial charge on any atom is -0.507 e. The number of aromatic nitrogens is 1. The molecule has 0 bridgehead atoms. The van der Waals surface area contributed by atoms with Gasteiger partial charge in [-0.2, -0.15) is 0 Å². The van der Waals surface area contributed by atoms with Crippen LogP contribution in [0.1, 0.15) is 39.2 Å². The molecule has 0 aliphatic heterocycles. The maximum atomic E-state index is 11.7. The molecule has 0 fully saturated rings. The fraction of sp³-hybridized carbons (Fsp3) is 0.412. The summed E-state index contributed by atoms with van der Waals surface area (Å²) in [6.45, 7) is 7.91. The van der Waals surface area contributed by atoms with Crippen molar-refractivity contribution in [2.24, 2.45) is 0 Å². The standard InChI is InChI=1S/C17H22N2O3/c1-11(10-19-16(21)22-17(2,3)4)12-6-5-7-13-14(20)8-9-18-15(12)13/h5-9,11H,10H2,1-4H3,(H,18,20)(H,19,21). The third kappa shape index (κ3) is 3.87. The molecule has 1 heterocycles. The minimum atomic E-state index is -0.514. The zero-order valence-electron chi connectivity index (χ0n) is 13.4. The third-order valence-electron chi connectivity index (χ3n) is 3.26. The largest absolute Gasteiger partial charge is 0.507 e. The number of aromatic hydroxyl groups is 1. The van der Waals surface area contributed by atoms with Gasteiger partial charge in [0, 0.05) is 24.0 Å². The highest BCUT2D eigenvalue weighted by molar-refractivity contribution is 5.87. The van der Waals surface area contributed by atoms with Gasteiger partial charge >= 0.3 is 6.09 Å². The second-order valence-corrected chi connectivity index (χ2v) is 6.36. The van der Waals surface area contributed by atoms with Crippen molar-refractivity contribution < 1.29 is 14.6 Å². The Hall–Kier alpha value is -2.30. The number of hydrogen-bond donors (Lipinski definition) is 2. The number of pyridine rings is 1. The van der Waals surface area contributed by atoms with Gasteiger partial charge in [0.1, 0.15) is 11.4 Å². The summed E-state index contributed by atoms with van der Waals surface area (Å²) >= 11 is 0. The van der Waals surface area contributed by atoms with E-state index in [1.165, 1.54) is 0 Å². The average Bonchev–Trinajstić information content (AvgIpc) is 2.43. The van der Waals surface area contributed by atoms with E-state index in [1.807, 2.05) is 45.9 Å². The van der Waals surface area contributed by atoms with Gasteiger partial charge in [-0.15, -0.1) is 0 Å². The van der Waals surface area contributed by atoms with Crippen LogP contribution in [-0.4, -0.2) is 28.3 Å². The first kappa shape index (κ1) is 16.1. The van der Waals surface area contributed by atoms with Gasteiger partial charge in [-0.05, 0) is 38.5 Å². The second-order valence-electron chi connectivity index (χ2n) is 6.36. The average molecular weight is 302 g/mol. The lowest BCUT2D eigenvalue weighted by Gasteiger charge is -2.21. The molecule has 2 rings (SSSR count). The first-order chi connectivity index (χ1) is 10.3. The zero-order chi connectivity index (χ0) is 16.3. The Bertz CT molecular complexity index is 677. The molecule has 118 valence electrons. The van der Waals surface area contributed by atoms with E-state index < -0.39 is 11.7 Å². The molecule has 5 heteroatoms. The van der Waals surface area contributed by atoms with Crippen molar-refractivity contribution in [1.82, 2.24) is 10.3 Å². The molecule has 0 aliphatic rings. The van der Waals surface area contributed by atoms with Crippen LogP contribution < -0.4 is 5.32 Å². The summed E-state index contributed by atoms with van der Waals surface area (Å²) in [5.74, 6) is 0.254. The number of para-hydroxylation sites is 1. The van der Waals surface area contributed by atoms with Crippen molar-refractivity contribution in [3.05, 3.63) is 36.0 Å². The molecule has 0 radical (unpaired) electrons. The maximum absolute atomic E-state index is 11.7. The van der Waals surface area contributed by atoms with E-state index in [9.17, 15) is 9.90 Å². The minimum absolute atomic E-state index is 0.0468. The number of benzene rings is 1. The molecule has 0 saturated heterocycles. The van der Waals surface area contributed by atoms with E-state index in [4.69, 9.17) is 4.74 Å². The van der Waals surface area contributed by atoms with Gasteiger partial charge in [0.2, 0.25) is 0 Å². The lowest BCUT2D eigenvalue weighted by Crippen LogP contribution is -2.34. The Kier molecular flexibility index (Phi) is 4.54. The molecular formula is C17H22N2O3. The molecule has 0 saturated carbocycles. The summed E-state index contributed by atoms with van der Waals surface area (Å²) in [7, 11) is 0. The predicted octanol–water partition coefficient (Wildman–Crippen LogP) is 3.57. The van der Waals surface area contributed by atoms with Crippen molar-refractivity contribution in [2.45, 2.75) is 39.2 Å². The Morgan fingerprint density at radius 3 is 2.77 bits per heavy atom. The van der Waals surface area contributed by atoms with Crippen molar-refractivity contribution in [3.8, 4) is 5.75 Å². The van der Waals surface area contributed by atoms with Crippen LogP contribution in [0, 0.1) is 0 Å². The second kappa shape index (κ2) is 6.22. The molecule has 1 amide bonds. The Balaban J connectivity index is 2.12. The fourth-order valence-electron chi connectivity index (χ4n) is 2.24. The van der Waals surface area contributed by atoms with Crippen molar-refractivity contribution in [2.75, 3.05) is 6.54 Å². The Morgan fingerprint density at radius 2 is 2.09 bits per heavy atom. The van der Waals surface area contributed by atoms with Crippen molar-refractivity contribution >= 4 is 17.0 Å². The lowest BCUT2D eigenvalue weighted by molar-refractivity contribution is 0.0525. The van der Waals surface area contributed by atoms with Gasteiger partial charge in [0.05, 0.1) is 5.52 Å². The summed E-state index contributed by atoms with van der Waals surface area (Å²) in [6, 6.07) is 7.23. The molecular weight excluding hydrogens is 280 g/mol. The van der Waals surface area contributed by atoms with Crippen LogP contribution in [0.3, 0.4) is 0 Å². The molecule has 0 aliphatic carbocycles. The quantitative estimate of drug-likeness (QED) is 0.909. The fourth-order valence-corrected chi connectivity index (χ4v) is 2.24. The monoisotopic (exact) mass is 302 g/mol. The number of alkyl carbamates (subject to hydrolysis) is 1. The summed E-state index contributed by atoms with van der Waals surface area (Å²) in [6.07, 6.45) is 1.14. The van der Waals surface area contributed by atoms with E-state index in [1.54, 1.807) is 12.3 Å². The van der Waals surface area contributed by atoms with Crippen LogP contribution in [-0.2, 0) is 4.74 Å². The predicted molar refractivity (Wildman–Crippen MR) is 86.1 cm³/mol. The summed E-state index contributed by atoms with van der Waals surface area (Å²) in [4.78, 5) is 16.1. The molecule has 2 N–H and O–H groups in total. The number of hydrogen-bond acceptors (Lipinski definition) is 4. The van der Waals surface area contributed by atoms with Crippen LogP contribution in [0.25, 0.3) is 10.9 Å². The lowest BCUT2D eigenvalue weighted by atomic mass is 9.97. The Labute approximate surface area is 130 Å². The smallest absolute Gasteiger partial charge is 0.407 e. The van der Waals surface area contributed by atoms with Gasteiger partial charge in [-0.1, -0.05) is 19.1 Å². The number of nitrogens with one attached hydrogen (secondary N) is 1. The normalized spacial score (nSPS) is 12.9. The third-order valence-corrected chi connectivity index (χ3v) is 3.26. The molecule has 22 heavy (non-hydrogen) atoms. The maximum Gasteiger partial charge on any atom is 0.407 e. The first-order valence-electron chi connectivity index (χ1n) is 7.31. The van der Waals surface area contributed by atoms with Crippen LogP contribution in [0.5, 0.6) is 5.75 Å². The number of amides is 1. The summed E-state index contributed by atoms with van der Waals surface area (Å²) in [5.41, 5.74) is 1.21. The molecule has 0 spiro atoms. The highest BCUT2D eigenvalue weighted by Crippen LogP contribution is 2.28. The van der Waals surface area contributed by atoms with Gasteiger partial charge < -0.3 is 15.2 Å². The van der Waals surface area contributed by atoms with Gasteiger partial charge in [0.25, 0.3) is 0 Å². The van der Waals surface area contributed by atoms with E-state index >= 15 is 0 Å². The van der Waals surface area contributed by atoms with Crippen LogP contribution in [0.4, 0.5) is 4.79 Å². The molecule has 2 aromatic rings. The SMILES string of the molecule is CC(CNC(=O)OC(C)(C)C)c1cccc2c(O)ccnc12. The van der Waals surface area contributed by atoms with Crippen LogP contribution in [0.2, 0.25) is 0 Å². The first-order valence-corrected chi connectivity index (χ1v) is 7.31. The summed E-state index contributed by atoms with van der Waals surface area (Å²) in [5, 5.41) is 13.4. The zero-order valence-corrected chi connectivity index (χ0v) is 13.4.